The van der Waals surface area contributed by atoms with E-state index in [2.05, 4.69) is 0 Å². The summed E-state index contributed by atoms with van der Waals surface area (Å²) in [7, 11) is 0. The molecule has 1 aromatic rings. The first-order valence-electron chi connectivity index (χ1n) is 4.57. The van der Waals surface area contributed by atoms with Crippen molar-refractivity contribution in [3.8, 4) is 0 Å². The molecule has 0 saturated heterocycles. The third kappa shape index (κ3) is 2.54. The first kappa shape index (κ1) is 12.1. The highest BCUT2D eigenvalue weighted by molar-refractivity contribution is 5.68. The first-order valence-corrected chi connectivity index (χ1v) is 4.57. The SMILES string of the molecule is Cc1cccc([C@H](O)CC(=O)O)c1[N+](=O)[O-]. The molecule has 0 aliphatic carbocycles. The summed E-state index contributed by atoms with van der Waals surface area (Å²) in [6, 6.07) is 4.44. The van der Waals surface area contributed by atoms with Crippen molar-refractivity contribution in [3.05, 3.63) is 39.4 Å². The number of carbonyl (C=O) groups is 1. The van der Waals surface area contributed by atoms with Crippen LogP contribution in [0.5, 0.6) is 0 Å². The molecule has 0 amide bonds. The molecule has 0 aliphatic heterocycles. The van der Waals surface area contributed by atoms with E-state index < -0.39 is 23.4 Å². The summed E-state index contributed by atoms with van der Waals surface area (Å²) >= 11 is 0. The number of benzene rings is 1. The van der Waals surface area contributed by atoms with Gasteiger partial charge in [0.1, 0.15) is 0 Å². The lowest BCUT2D eigenvalue weighted by molar-refractivity contribution is -0.386. The van der Waals surface area contributed by atoms with Crippen molar-refractivity contribution in [2.75, 3.05) is 0 Å². The summed E-state index contributed by atoms with van der Waals surface area (Å²) in [4.78, 5) is 20.6. The molecule has 86 valence electrons. The van der Waals surface area contributed by atoms with Crippen LogP contribution in [0.4, 0.5) is 5.69 Å². The molecule has 1 rings (SSSR count). The van der Waals surface area contributed by atoms with Crippen LogP contribution in [0.25, 0.3) is 0 Å². The van der Waals surface area contributed by atoms with E-state index in [1.165, 1.54) is 19.1 Å². The van der Waals surface area contributed by atoms with Gasteiger partial charge in [0.05, 0.1) is 23.0 Å². The molecule has 16 heavy (non-hydrogen) atoms. The quantitative estimate of drug-likeness (QED) is 0.596. The molecular weight excluding hydrogens is 214 g/mol. The summed E-state index contributed by atoms with van der Waals surface area (Å²) < 4.78 is 0. The van der Waals surface area contributed by atoms with E-state index in [1.54, 1.807) is 6.07 Å². The lowest BCUT2D eigenvalue weighted by atomic mass is 10.0. The van der Waals surface area contributed by atoms with Crippen molar-refractivity contribution in [3.63, 3.8) is 0 Å². The van der Waals surface area contributed by atoms with Crippen LogP contribution in [0, 0.1) is 17.0 Å². The highest BCUT2D eigenvalue weighted by Crippen LogP contribution is 2.29. The van der Waals surface area contributed by atoms with E-state index in [9.17, 15) is 20.0 Å². The Balaban J connectivity index is 3.17. The molecule has 0 unspecified atom stereocenters. The normalized spacial score (nSPS) is 12.1. The van der Waals surface area contributed by atoms with Gasteiger partial charge in [0.15, 0.2) is 0 Å². The molecule has 0 radical (unpaired) electrons. The van der Waals surface area contributed by atoms with Crippen LogP contribution in [-0.2, 0) is 4.79 Å². The van der Waals surface area contributed by atoms with Crippen LogP contribution in [0.3, 0.4) is 0 Å². The number of hydrogen-bond donors (Lipinski definition) is 2. The third-order valence-corrected chi connectivity index (χ3v) is 2.18. The smallest absolute Gasteiger partial charge is 0.306 e. The van der Waals surface area contributed by atoms with Crippen molar-refractivity contribution < 1.29 is 19.9 Å². The Morgan fingerprint density at radius 3 is 2.69 bits per heavy atom. The van der Waals surface area contributed by atoms with Crippen LogP contribution < -0.4 is 0 Å². The predicted molar refractivity (Wildman–Crippen MR) is 55.0 cm³/mol. The fourth-order valence-electron chi connectivity index (χ4n) is 1.48. The second kappa shape index (κ2) is 4.71. The van der Waals surface area contributed by atoms with E-state index in [0.717, 1.165) is 0 Å². The summed E-state index contributed by atoms with van der Waals surface area (Å²) in [6.45, 7) is 1.54. The Bertz CT molecular complexity index is 429. The lowest BCUT2D eigenvalue weighted by Crippen LogP contribution is -2.08. The van der Waals surface area contributed by atoms with Gasteiger partial charge < -0.3 is 10.2 Å². The molecule has 0 heterocycles. The average molecular weight is 225 g/mol. The van der Waals surface area contributed by atoms with Crippen LogP contribution in [0.15, 0.2) is 18.2 Å². The van der Waals surface area contributed by atoms with Gasteiger partial charge in [0, 0.05) is 5.56 Å². The van der Waals surface area contributed by atoms with E-state index in [-0.39, 0.29) is 11.3 Å². The molecule has 0 aliphatic rings. The minimum absolute atomic E-state index is 0.0346. The van der Waals surface area contributed by atoms with Gasteiger partial charge in [-0.3, -0.25) is 14.9 Å². The number of aliphatic hydroxyl groups excluding tert-OH is 1. The van der Waals surface area contributed by atoms with E-state index >= 15 is 0 Å². The van der Waals surface area contributed by atoms with Crippen molar-refractivity contribution in [2.24, 2.45) is 0 Å². The van der Waals surface area contributed by atoms with Gasteiger partial charge in [-0.2, -0.15) is 0 Å². The highest BCUT2D eigenvalue weighted by atomic mass is 16.6. The first-order chi connectivity index (χ1) is 7.43. The largest absolute Gasteiger partial charge is 0.481 e. The zero-order chi connectivity index (χ0) is 12.3. The van der Waals surface area contributed by atoms with Crippen molar-refractivity contribution in [2.45, 2.75) is 19.4 Å². The van der Waals surface area contributed by atoms with Crippen LogP contribution in [0.2, 0.25) is 0 Å². The zero-order valence-corrected chi connectivity index (χ0v) is 8.58. The Morgan fingerprint density at radius 2 is 2.19 bits per heavy atom. The van der Waals surface area contributed by atoms with Crippen LogP contribution in [0.1, 0.15) is 23.7 Å². The molecule has 1 aromatic carbocycles. The maximum absolute atomic E-state index is 10.8. The Labute approximate surface area is 91.3 Å². The van der Waals surface area contributed by atoms with Crippen molar-refractivity contribution >= 4 is 11.7 Å². The lowest BCUT2D eigenvalue weighted by Gasteiger charge is -2.09. The molecule has 0 saturated carbocycles. The number of rotatable bonds is 4. The average Bonchev–Trinajstić information content (AvgIpc) is 2.15. The van der Waals surface area contributed by atoms with Gasteiger partial charge in [-0.05, 0) is 13.0 Å². The van der Waals surface area contributed by atoms with Gasteiger partial charge in [-0.15, -0.1) is 0 Å². The summed E-state index contributed by atoms with van der Waals surface area (Å²) in [6.07, 6.45) is -1.91. The number of nitro benzene ring substituents is 1. The van der Waals surface area contributed by atoms with Gasteiger partial charge in [-0.1, -0.05) is 12.1 Å². The van der Waals surface area contributed by atoms with Gasteiger partial charge in [0.2, 0.25) is 0 Å². The molecule has 6 nitrogen and oxygen atoms in total. The topological polar surface area (TPSA) is 101 Å². The number of carboxylic acid groups (broad SMARTS) is 1. The third-order valence-electron chi connectivity index (χ3n) is 2.18. The second-order valence-corrected chi connectivity index (χ2v) is 3.38. The van der Waals surface area contributed by atoms with Gasteiger partial charge in [0.25, 0.3) is 5.69 Å². The second-order valence-electron chi connectivity index (χ2n) is 3.38. The molecule has 0 fully saturated rings. The number of aryl methyl sites for hydroxylation is 1. The van der Waals surface area contributed by atoms with Crippen LogP contribution >= 0.6 is 0 Å². The van der Waals surface area contributed by atoms with Crippen molar-refractivity contribution in [1.82, 2.24) is 0 Å². The Morgan fingerprint density at radius 1 is 1.56 bits per heavy atom. The number of nitrogens with zero attached hydrogens (tertiary/aromatic N) is 1. The molecule has 2 N–H and O–H groups in total. The fraction of sp³-hybridized carbons (Fsp3) is 0.300. The fourth-order valence-corrected chi connectivity index (χ4v) is 1.48. The number of aliphatic hydroxyl groups is 1. The molecule has 0 bridgehead atoms. The van der Waals surface area contributed by atoms with Crippen LogP contribution in [-0.4, -0.2) is 21.1 Å². The number of nitro groups is 1. The van der Waals surface area contributed by atoms with E-state index in [1.807, 2.05) is 0 Å². The minimum Gasteiger partial charge on any atom is -0.481 e. The highest BCUT2D eigenvalue weighted by Gasteiger charge is 2.23. The molecule has 6 heteroatoms. The number of aliphatic carboxylic acids is 1. The molecule has 0 aromatic heterocycles. The molecule has 0 spiro atoms. The van der Waals surface area contributed by atoms with Gasteiger partial charge >= 0.3 is 5.97 Å². The summed E-state index contributed by atoms with van der Waals surface area (Å²) in [5.41, 5.74) is 0.204. The molecular formula is C10H11NO5. The number of hydrogen-bond acceptors (Lipinski definition) is 4. The minimum atomic E-state index is -1.36. The summed E-state index contributed by atoms with van der Waals surface area (Å²) in [5.74, 6) is -1.21. The maximum atomic E-state index is 10.8. The predicted octanol–water partition coefficient (Wildman–Crippen LogP) is 1.41. The Kier molecular flexibility index (Phi) is 3.57. The Hall–Kier alpha value is -1.95. The van der Waals surface area contributed by atoms with Gasteiger partial charge in [-0.25, -0.2) is 0 Å². The monoisotopic (exact) mass is 225 g/mol. The zero-order valence-electron chi connectivity index (χ0n) is 8.58. The van der Waals surface area contributed by atoms with E-state index in [4.69, 9.17) is 5.11 Å². The number of para-hydroxylation sites is 1. The molecule has 1 atom stereocenters. The van der Waals surface area contributed by atoms with E-state index in [0.29, 0.717) is 5.56 Å². The standard InChI is InChI=1S/C10H11NO5/c1-6-3-2-4-7(10(6)11(15)16)8(12)5-9(13)14/h2-4,8,12H,5H2,1H3,(H,13,14)/t8-/m1/s1. The summed E-state index contributed by atoms with van der Waals surface area (Å²) in [5, 5.41) is 28.9. The number of carboxylic acids is 1. The van der Waals surface area contributed by atoms with Crippen molar-refractivity contribution in [1.29, 1.82) is 0 Å². The maximum Gasteiger partial charge on any atom is 0.306 e.